The molecule has 1 aromatic carbocycles. The molecule has 2 aliphatic heterocycles. The van der Waals surface area contributed by atoms with E-state index in [0.29, 0.717) is 12.3 Å². The SMILES string of the molecule is Cn1c(=O)n(C2CCC(=O)NC2=O)c2cccc(CCC3CCN(C(C)(C)C)CC3)c21. The van der Waals surface area contributed by atoms with Gasteiger partial charge in [0, 0.05) is 19.0 Å². The van der Waals surface area contributed by atoms with Crippen LogP contribution in [0.1, 0.15) is 64.5 Å². The van der Waals surface area contributed by atoms with Gasteiger partial charge in [0.25, 0.3) is 0 Å². The Hall–Kier alpha value is -2.41. The molecule has 1 aromatic heterocycles. The molecule has 31 heavy (non-hydrogen) atoms. The van der Waals surface area contributed by atoms with Gasteiger partial charge in [0.15, 0.2) is 0 Å². The second-order valence-corrected chi connectivity index (χ2v) is 10.1. The molecule has 0 saturated carbocycles. The number of benzene rings is 1. The number of nitrogens with one attached hydrogen (secondary N) is 1. The Labute approximate surface area is 183 Å². The highest BCUT2D eigenvalue weighted by molar-refractivity contribution is 6.00. The fourth-order valence-electron chi connectivity index (χ4n) is 5.20. The third-order valence-corrected chi connectivity index (χ3v) is 7.09. The molecule has 7 heteroatoms. The highest BCUT2D eigenvalue weighted by Gasteiger charge is 2.32. The molecule has 4 rings (SSSR count). The zero-order valence-corrected chi connectivity index (χ0v) is 19.1. The van der Waals surface area contributed by atoms with Crippen molar-refractivity contribution in [2.75, 3.05) is 13.1 Å². The number of hydrogen-bond acceptors (Lipinski definition) is 4. The Bertz CT molecular complexity index is 1050. The molecule has 1 unspecified atom stereocenters. The number of aryl methyl sites for hydroxylation is 2. The first-order chi connectivity index (χ1) is 14.7. The number of rotatable bonds is 4. The zero-order chi connectivity index (χ0) is 22.3. The average Bonchev–Trinajstić information content (AvgIpc) is 2.97. The van der Waals surface area contributed by atoms with Crippen LogP contribution < -0.4 is 11.0 Å². The summed E-state index contributed by atoms with van der Waals surface area (Å²) in [5.41, 5.74) is 2.87. The van der Waals surface area contributed by atoms with E-state index in [1.807, 2.05) is 12.1 Å². The van der Waals surface area contributed by atoms with Gasteiger partial charge in [-0.05, 0) is 83.5 Å². The van der Waals surface area contributed by atoms with Gasteiger partial charge >= 0.3 is 5.69 Å². The van der Waals surface area contributed by atoms with Crippen LogP contribution in [0, 0.1) is 5.92 Å². The topological polar surface area (TPSA) is 76.3 Å². The lowest BCUT2D eigenvalue weighted by Crippen LogP contribution is -2.46. The van der Waals surface area contributed by atoms with E-state index in [0.717, 1.165) is 42.5 Å². The van der Waals surface area contributed by atoms with E-state index >= 15 is 0 Å². The van der Waals surface area contributed by atoms with Crippen molar-refractivity contribution in [2.45, 2.75) is 70.9 Å². The first-order valence-electron chi connectivity index (χ1n) is 11.4. The molecule has 168 valence electrons. The molecule has 2 amide bonds. The fraction of sp³-hybridized carbons (Fsp3) is 0.625. The molecule has 2 aromatic rings. The third-order valence-electron chi connectivity index (χ3n) is 7.09. The minimum Gasteiger partial charge on any atom is -0.298 e. The van der Waals surface area contributed by atoms with E-state index in [2.05, 4.69) is 37.1 Å². The Morgan fingerprint density at radius 1 is 1.06 bits per heavy atom. The standard InChI is InChI=1S/C24H34N4O3/c1-24(2,3)27-14-12-16(13-15-27)8-9-17-6-5-7-18-21(17)26(4)23(31)28(18)19-10-11-20(29)25-22(19)30/h5-7,16,19H,8-15H2,1-4H3,(H,25,29,30). The number of nitrogens with zero attached hydrogens (tertiary/aromatic N) is 3. The Morgan fingerprint density at radius 2 is 1.77 bits per heavy atom. The molecule has 0 bridgehead atoms. The van der Waals surface area contributed by atoms with Crippen LogP contribution in [-0.2, 0) is 23.1 Å². The van der Waals surface area contributed by atoms with Gasteiger partial charge in [0.2, 0.25) is 11.8 Å². The Morgan fingerprint density at radius 3 is 2.42 bits per heavy atom. The van der Waals surface area contributed by atoms with E-state index in [-0.39, 0.29) is 29.5 Å². The number of likely N-dealkylation sites (tertiary alicyclic amines) is 1. The number of aromatic nitrogens is 2. The van der Waals surface area contributed by atoms with Gasteiger partial charge < -0.3 is 0 Å². The van der Waals surface area contributed by atoms with Gasteiger partial charge in [0.05, 0.1) is 11.0 Å². The predicted octanol–water partition coefficient (Wildman–Crippen LogP) is 2.76. The molecule has 2 saturated heterocycles. The number of piperidine rings is 2. The maximum atomic E-state index is 13.1. The van der Waals surface area contributed by atoms with Crippen LogP contribution >= 0.6 is 0 Å². The lowest BCUT2D eigenvalue weighted by Gasteiger charge is -2.41. The molecule has 2 aliphatic rings. The van der Waals surface area contributed by atoms with Gasteiger partial charge in [-0.2, -0.15) is 0 Å². The number of fused-ring (bicyclic) bond motifs is 1. The second kappa shape index (κ2) is 8.26. The second-order valence-electron chi connectivity index (χ2n) is 10.1. The highest BCUT2D eigenvalue weighted by Crippen LogP contribution is 2.29. The van der Waals surface area contributed by atoms with Crippen LogP contribution in [0.15, 0.2) is 23.0 Å². The average molecular weight is 427 g/mol. The van der Waals surface area contributed by atoms with E-state index in [4.69, 9.17) is 0 Å². The minimum atomic E-state index is -0.633. The molecular formula is C24H34N4O3. The van der Waals surface area contributed by atoms with Crippen LogP contribution in [0.2, 0.25) is 0 Å². The number of imide groups is 1. The van der Waals surface area contributed by atoms with Crippen molar-refractivity contribution in [3.05, 3.63) is 34.2 Å². The monoisotopic (exact) mass is 426 g/mol. The van der Waals surface area contributed by atoms with Crippen LogP contribution in [0.4, 0.5) is 0 Å². The van der Waals surface area contributed by atoms with E-state index < -0.39 is 6.04 Å². The first kappa shape index (κ1) is 21.8. The molecule has 3 heterocycles. The van der Waals surface area contributed by atoms with Gasteiger partial charge in [-0.3, -0.25) is 28.9 Å². The van der Waals surface area contributed by atoms with Gasteiger partial charge in [-0.25, -0.2) is 4.79 Å². The summed E-state index contributed by atoms with van der Waals surface area (Å²) in [6.07, 6.45) is 5.07. The largest absolute Gasteiger partial charge is 0.329 e. The summed E-state index contributed by atoms with van der Waals surface area (Å²) in [7, 11) is 1.78. The lowest BCUT2D eigenvalue weighted by molar-refractivity contribution is -0.135. The normalized spacial score (nSPS) is 21.6. The van der Waals surface area contributed by atoms with E-state index in [1.54, 1.807) is 16.2 Å². The quantitative estimate of drug-likeness (QED) is 0.763. The molecule has 0 radical (unpaired) electrons. The summed E-state index contributed by atoms with van der Waals surface area (Å²) in [5.74, 6) is 0.0395. The Kier molecular flexibility index (Phi) is 5.81. The molecule has 1 atom stereocenters. The lowest BCUT2D eigenvalue weighted by atomic mass is 9.88. The molecule has 2 fully saturated rings. The maximum Gasteiger partial charge on any atom is 0.329 e. The summed E-state index contributed by atoms with van der Waals surface area (Å²) in [6, 6.07) is 5.35. The molecule has 0 spiro atoms. The van der Waals surface area contributed by atoms with Crippen molar-refractivity contribution in [3.8, 4) is 0 Å². The van der Waals surface area contributed by atoms with Crippen molar-refractivity contribution in [2.24, 2.45) is 13.0 Å². The number of imidazole rings is 1. The van der Waals surface area contributed by atoms with Crippen molar-refractivity contribution >= 4 is 22.8 Å². The molecule has 0 aliphatic carbocycles. The highest BCUT2D eigenvalue weighted by atomic mass is 16.2. The number of amides is 2. The summed E-state index contributed by atoms with van der Waals surface area (Å²) in [5, 5.41) is 2.38. The molecule has 1 N–H and O–H groups in total. The summed E-state index contributed by atoms with van der Waals surface area (Å²) in [4.78, 5) is 39.6. The first-order valence-corrected chi connectivity index (χ1v) is 11.4. The molecular weight excluding hydrogens is 392 g/mol. The van der Waals surface area contributed by atoms with Crippen molar-refractivity contribution in [1.82, 2.24) is 19.4 Å². The summed E-state index contributed by atoms with van der Waals surface area (Å²) >= 11 is 0. The van der Waals surface area contributed by atoms with Crippen LogP contribution in [0.3, 0.4) is 0 Å². The van der Waals surface area contributed by atoms with Crippen molar-refractivity contribution in [3.63, 3.8) is 0 Å². The predicted molar refractivity (Wildman–Crippen MR) is 121 cm³/mol. The minimum absolute atomic E-state index is 0.199. The summed E-state index contributed by atoms with van der Waals surface area (Å²) in [6.45, 7) is 9.12. The van der Waals surface area contributed by atoms with Crippen LogP contribution in [0.25, 0.3) is 11.0 Å². The molecule has 7 nitrogen and oxygen atoms in total. The maximum absolute atomic E-state index is 13.1. The number of para-hydroxylation sites is 1. The van der Waals surface area contributed by atoms with E-state index in [9.17, 15) is 14.4 Å². The van der Waals surface area contributed by atoms with E-state index in [1.165, 1.54) is 12.8 Å². The number of carbonyl (C=O) groups is 2. The number of hydrogen-bond donors (Lipinski definition) is 1. The van der Waals surface area contributed by atoms with Crippen molar-refractivity contribution < 1.29 is 9.59 Å². The Balaban J connectivity index is 1.55. The van der Waals surface area contributed by atoms with Gasteiger partial charge in [-0.15, -0.1) is 0 Å². The van der Waals surface area contributed by atoms with Crippen molar-refractivity contribution in [1.29, 1.82) is 0 Å². The van der Waals surface area contributed by atoms with Crippen LogP contribution in [0.5, 0.6) is 0 Å². The zero-order valence-electron chi connectivity index (χ0n) is 19.1. The smallest absolute Gasteiger partial charge is 0.298 e. The third kappa shape index (κ3) is 4.20. The van der Waals surface area contributed by atoms with Gasteiger partial charge in [-0.1, -0.05) is 12.1 Å². The fourth-order valence-corrected chi connectivity index (χ4v) is 5.20. The summed E-state index contributed by atoms with van der Waals surface area (Å²) < 4.78 is 3.24. The van der Waals surface area contributed by atoms with Gasteiger partial charge in [0.1, 0.15) is 6.04 Å². The number of carbonyl (C=O) groups excluding carboxylic acids is 2. The van der Waals surface area contributed by atoms with Crippen LogP contribution in [-0.4, -0.2) is 44.5 Å².